The van der Waals surface area contributed by atoms with E-state index in [1.165, 1.54) is 0 Å². The maximum atomic E-state index is 12.2. The second-order valence-electron chi connectivity index (χ2n) is 6.10. The molecule has 0 spiro atoms. The van der Waals surface area contributed by atoms with Gasteiger partial charge in [0.15, 0.2) is 11.5 Å². The zero-order valence-corrected chi connectivity index (χ0v) is 16.1. The van der Waals surface area contributed by atoms with E-state index in [0.717, 1.165) is 21.4 Å². The van der Waals surface area contributed by atoms with E-state index >= 15 is 0 Å². The first kappa shape index (κ1) is 17.6. The molecule has 1 aliphatic heterocycles. The molecule has 2 aromatic rings. The number of nitrogens with zero attached hydrogens (tertiary/aromatic N) is 1. The minimum Gasteiger partial charge on any atom is -0.493 e. The number of ether oxygens (including phenoxy) is 2. The van der Waals surface area contributed by atoms with E-state index in [1.54, 1.807) is 14.2 Å². The van der Waals surface area contributed by atoms with Gasteiger partial charge in [-0.2, -0.15) is 0 Å². The molecule has 1 aliphatic rings. The summed E-state index contributed by atoms with van der Waals surface area (Å²) in [6.07, 6.45) is 0. The maximum absolute atomic E-state index is 12.2. The Hall–Kier alpha value is -2.21. The largest absolute Gasteiger partial charge is 0.493 e. The summed E-state index contributed by atoms with van der Waals surface area (Å²) in [5.74, 6) is 1.30. The second-order valence-corrected chi connectivity index (χ2v) is 6.96. The van der Waals surface area contributed by atoms with Crippen molar-refractivity contribution >= 4 is 33.2 Å². The number of para-hydroxylation sites is 2. The second kappa shape index (κ2) is 7.35. The fourth-order valence-corrected chi connectivity index (χ4v) is 3.71. The van der Waals surface area contributed by atoms with Gasteiger partial charge in [-0.1, -0.05) is 19.1 Å². The van der Waals surface area contributed by atoms with Gasteiger partial charge in [-0.05, 0) is 45.8 Å². The minimum absolute atomic E-state index is 0.0449. The van der Waals surface area contributed by atoms with Gasteiger partial charge in [0.05, 0.1) is 36.0 Å². The van der Waals surface area contributed by atoms with Gasteiger partial charge in [0, 0.05) is 13.1 Å². The molecule has 132 valence electrons. The summed E-state index contributed by atoms with van der Waals surface area (Å²) in [5.41, 5.74) is 2.93. The molecule has 1 heterocycles. The van der Waals surface area contributed by atoms with E-state index < -0.39 is 0 Å². The number of carbonyl (C=O) groups excluding carboxylic acids is 1. The highest BCUT2D eigenvalue weighted by molar-refractivity contribution is 9.10. The van der Waals surface area contributed by atoms with E-state index in [-0.39, 0.29) is 11.8 Å². The Balaban J connectivity index is 1.97. The van der Waals surface area contributed by atoms with Crippen LogP contribution >= 0.6 is 15.9 Å². The molecule has 6 heteroatoms. The first-order valence-electron chi connectivity index (χ1n) is 8.08. The summed E-state index contributed by atoms with van der Waals surface area (Å²) >= 11 is 3.54. The van der Waals surface area contributed by atoms with Gasteiger partial charge < -0.3 is 19.7 Å². The van der Waals surface area contributed by atoms with Crippen LogP contribution in [0.1, 0.15) is 12.5 Å². The number of nitrogens with one attached hydrogen (secondary N) is 1. The summed E-state index contributed by atoms with van der Waals surface area (Å²) in [6, 6.07) is 11.9. The van der Waals surface area contributed by atoms with Gasteiger partial charge in [-0.15, -0.1) is 0 Å². The summed E-state index contributed by atoms with van der Waals surface area (Å²) in [5, 5.41) is 3.01. The van der Waals surface area contributed by atoms with Crippen LogP contribution in [-0.4, -0.2) is 26.7 Å². The van der Waals surface area contributed by atoms with E-state index in [9.17, 15) is 4.79 Å². The Bertz CT molecular complexity index is 794. The fraction of sp³-hybridized carbons (Fsp3) is 0.316. The number of hydrogen-bond donors (Lipinski definition) is 1. The summed E-state index contributed by atoms with van der Waals surface area (Å²) in [6.45, 7) is 3.25. The SMILES string of the molecule is COc1cc(CN2C[C@H](C)C(=O)Nc3ccccc32)cc(Br)c1OC. The topological polar surface area (TPSA) is 50.8 Å². The first-order valence-corrected chi connectivity index (χ1v) is 8.88. The van der Waals surface area contributed by atoms with Crippen LogP contribution in [-0.2, 0) is 11.3 Å². The monoisotopic (exact) mass is 404 g/mol. The van der Waals surface area contributed by atoms with Crippen molar-refractivity contribution in [2.45, 2.75) is 13.5 Å². The molecule has 25 heavy (non-hydrogen) atoms. The number of fused-ring (bicyclic) bond motifs is 1. The van der Waals surface area contributed by atoms with E-state index in [0.29, 0.717) is 24.6 Å². The smallest absolute Gasteiger partial charge is 0.229 e. The van der Waals surface area contributed by atoms with Crippen LogP contribution in [0.15, 0.2) is 40.9 Å². The van der Waals surface area contributed by atoms with Crippen molar-refractivity contribution in [3.05, 3.63) is 46.4 Å². The molecule has 0 aromatic heterocycles. The lowest BCUT2D eigenvalue weighted by atomic mass is 10.1. The number of rotatable bonds is 4. The molecule has 0 unspecified atom stereocenters. The van der Waals surface area contributed by atoms with Crippen LogP contribution < -0.4 is 19.7 Å². The van der Waals surface area contributed by atoms with Crippen LogP contribution in [0.2, 0.25) is 0 Å². The molecule has 0 aliphatic carbocycles. The predicted molar refractivity (Wildman–Crippen MR) is 103 cm³/mol. The van der Waals surface area contributed by atoms with Crippen molar-refractivity contribution in [2.75, 3.05) is 31.0 Å². The van der Waals surface area contributed by atoms with Gasteiger partial charge >= 0.3 is 0 Å². The molecule has 0 saturated carbocycles. The number of benzene rings is 2. The van der Waals surface area contributed by atoms with Crippen LogP contribution in [0, 0.1) is 5.92 Å². The Morgan fingerprint density at radius 2 is 2.00 bits per heavy atom. The van der Waals surface area contributed by atoms with Gasteiger partial charge in [0.1, 0.15) is 0 Å². The fourth-order valence-electron chi connectivity index (χ4n) is 3.06. The highest BCUT2D eigenvalue weighted by Crippen LogP contribution is 2.38. The zero-order chi connectivity index (χ0) is 18.0. The lowest BCUT2D eigenvalue weighted by Crippen LogP contribution is -2.30. The van der Waals surface area contributed by atoms with Crippen molar-refractivity contribution < 1.29 is 14.3 Å². The molecule has 0 saturated heterocycles. The third-order valence-electron chi connectivity index (χ3n) is 4.31. The van der Waals surface area contributed by atoms with Crippen LogP contribution in [0.5, 0.6) is 11.5 Å². The summed E-state index contributed by atoms with van der Waals surface area (Å²) < 4.78 is 11.7. The van der Waals surface area contributed by atoms with Crippen molar-refractivity contribution in [3.8, 4) is 11.5 Å². The number of anilines is 2. The number of carbonyl (C=O) groups is 1. The molecular formula is C19H21BrN2O3. The molecular weight excluding hydrogens is 384 g/mol. The van der Waals surface area contributed by atoms with Crippen LogP contribution in [0.3, 0.4) is 0 Å². The minimum atomic E-state index is -0.101. The highest BCUT2D eigenvalue weighted by Gasteiger charge is 2.25. The lowest BCUT2D eigenvalue weighted by Gasteiger charge is -2.26. The highest BCUT2D eigenvalue weighted by atomic mass is 79.9. The molecule has 5 nitrogen and oxygen atoms in total. The molecule has 1 atom stereocenters. The van der Waals surface area contributed by atoms with E-state index in [1.807, 2.05) is 43.3 Å². The van der Waals surface area contributed by atoms with Crippen molar-refractivity contribution in [1.29, 1.82) is 0 Å². The van der Waals surface area contributed by atoms with Gasteiger partial charge in [0.25, 0.3) is 0 Å². The average Bonchev–Trinajstić information content (AvgIpc) is 2.71. The third kappa shape index (κ3) is 3.58. The van der Waals surface area contributed by atoms with Gasteiger partial charge in [-0.25, -0.2) is 0 Å². The predicted octanol–water partition coefficient (Wildman–Crippen LogP) is 4.06. The Kier molecular flexibility index (Phi) is 5.18. The van der Waals surface area contributed by atoms with E-state index in [2.05, 4.69) is 26.1 Å². The molecule has 0 fully saturated rings. The number of methoxy groups -OCH3 is 2. The standard InChI is InChI=1S/C19H21BrN2O3/c1-12-10-22(16-7-5-4-6-15(16)21-19(12)23)11-13-8-14(20)18(25-3)17(9-13)24-2/h4-9,12H,10-11H2,1-3H3,(H,21,23)/t12-/m0/s1. The molecule has 2 aromatic carbocycles. The molecule has 0 bridgehead atoms. The molecule has 1 N–H and O–H groups in total. The molecule has 1 amide bonds. The third-order valence-corrected chi connectivity index (χ3v) is 4.90. The Labute approximate surface area is 156 Å². The van der Waals surface area contributed by atoms with Crippen LogP contribution in [0.25, 0.3) is 0 Å². The Morgan fingerprint density at radius 3 is 2.72 bits per heavy atom. The first-order chi connectivity index (χ1) is 12.0. The summed E-state index contributed by atoms with van der Waals surface area (Å²) in [4.78, 5) is 14.4. The maximum Gasteiger partial charge on any atom is 0.229 e. The normalized spacial score (nSPS) is 16.7. The molecule has 0 radical (unpaired) electrons. The Morgan fingerprint density at radius 1 is 1.24 bits per heavy atom. The van der Waals surface area contributed by atoms with Crippen LogP contribution in [0.4, 0.5) is 11.4 Å². The van der Waals surface area contributed by atoms with E-state index in [4.69, 9.17) is 9.47 Å². The quantitative estimate of drug-likeness (QED) is 0.834. The molecule has 3 rings (SSSR count). The summed E-state index contributed by atoms with van der Waals surface area (Å²) in [7, 11) is 3.24. The number of hydrogen-bond acceptors (Lipinski definition) is 4. The average molecular weight is 405 g/mol. The van der Waals surface area contributed by atoms with Crippen molar-refractivity contribution in [2.24, 2.45) is 5.92 Å². The lowest BCUT2D eigenvalue weighted by molar-refractivity contribution is -0.119. The van der Waals surface area contributed by atoms with Crippen molar-refractivity contribution in [1.82, 2.24) is 0 Å². The van der Waals surface area contributed by atoms with Gasteiger partial charge in [0.2, 0.25) is 5.91 Å². The van der Waals surface area contributed by atoms with Gasteiger partial charge in [-0.3, -0.25) is 4.79 Å². The number of halogens is 1. The van der Waals surface area contributed by atoms with Crippen molar-refractivity contribution in [3.63, 3.8) is 0 Å². The number of amides is 1. The zero-order valence-electron chi connectivity index (χ0n) is 14.5.